The molecular formula is C20H38N4OS. The first-order valence-electron chi connectivity index (χ1n) is 10.8. The third-order valence-electron chi connectivity index (χ3n) is 6.13. The van der Waals surface area contributed by atoms with E-state index in [1.807, 2.05) is 0 Å². The van der Waals surface area contributed by atoms with Gasteiger partial charge < -0.3 is 15.4 Å². The van der Waals surface area contributed by atoms with Crippen LogP contribution in [0.4, 0.5) is 0 Å². The molecule has 2 heterocycles. The van der Waals surface area contributed by atoms with Gasteiger partial charge in [-0.15, -0.1) is 0 Å². The van der Waals surface area contributed by atoms with E-state index in [1.165, 1.54) is 45.2 Å². The molecule has 0 aromatic rings. The van der Waals surface area contributed by atoms with Crippen molar-refractivity contribution in [1.82, 2.24) is 15.5 Å². The maximum absolute atomic E-state index is 5.59. The molecule has 0 aromatic heterocycles. The smallest absolute Gasteiger partial charge is 0.191 e. The van der Waals surface area contributed by atoms with Crippen LogP contribution in [0, 0.1) is 0 Å². The molecular weight excluding hydrogens is 344 g/mol. The van der Waals surface area contributed by atoms with Crippen LogP contribution in [-0.4, -0.2) is 72.8 Å². The Morgan fingerprint density at radius 1 is 1.19 bits per heavy atom. The van der Waals surface area contributed by atoms with Crippen molar-refractivity contribution in [2.75, 3.05) is 45.1 Å². The molecule has 26 heavy (non-hydrogen) atoms. The van der Waals surface area contributed by atoms with Crippen molar-refractivity contribution in [2.45, 2.75) is 75.6 Å². The number of nitrogens with zero attached hydrogens (tertiary/aromatic N) is 2. The summed E-state index contributed by atoms with van der Waals surface area (Å²) in [6, 6.07) is 1.38. The topological polar surface area (TPSA) is 48.9 Å². The molecule has 0 amide bonds. The first-order valence-corrected chi connectivity index (χ1v) is 11.7. The zero-order valence-corrected chi connectivity index (χ0v) is 17.6. The number of aliphatic imine (C=N–C) groups is 1. The number of thioether (sulfide) groups is 1. The van der Waals surface area contributed by atoms with Crippen LogP contribution in [0.1, 0.15) is 58.8 Å². The van der Waals surface area contributed by atoms with Crippen molar-refractivity contribution in [1.29, 1.82) is 0 Å². The van der Waals surface area contributed by atoms with Crippen LogP contribution >= 0.6 is 11.8 Å². The van der Waals surface area contributed by atoms with E-state index in [4.69, 9.17) is 9.73 Å². The summed E-state index contributed by atoms with van der Waals surface area (Å²) in [5, 5.41) is 7.20. The van der Waals surface area contributed by atoms with E-state index >= 15 is 0 Å². The minimum absolute atomic E-state index is 0.265. The summed E-state index contributed by atoms with van der Waals surface area (Å²) in [6.45, 7) is 10.4. The van der Waals surface area contributed by atoms with E-state index in [9.17, 15) is 0 Å². The average molecular weight is 383 g/mol. The lowest BCUT2D eigenvalue weighted by atomic mass is 9.99. The monoisotopic (exact) mass is 382 g/mol. The van der Waals surface area contributed by atoms with Crippen LogP contribution in [0.5, 0.6) is 0 Å². The molecule has 3 aliphatic rings. The highest BCUT2D eigenvalue weighted by atomic mass is 32.2. The predicted octanol–water partition coefficient (Wildman–Crippen LogP) is 2.86. The molecule has 1 saturated carbocycles. The number of likely N-dealkylation sites (tertiary alicyclic amines) is 1. The largest absolute Gasteiger partial charge is 0.381 e. The van der Waals surface area contributed by atoms with E-state index < -0.39 is 0 Å². The second-order valence-electron chi connectivity index (χ2n) is 7.99. The molecule has 150 valence electrons. The fraction of sp³-hybridized carbons (Fsp3) is 0.950. The lowest BCUT2D eigenvalue weighted by Crippen LogP contribution is -2.46. The molecule has 0 aromatic carbocycles. The fourth-order valence-corrected chi connectivity index (χ4v) is 5.86. The molecule has 2 saturated heterocycles. The van der Waals surface area contributed by atoms with Crippen LogP contribution in [0.2, 0.25) is 0 Å². The average Bonchev–Trinajstić information content (AvgIpc) is 3.33. The third-order valence-corrected chi connectivity index (χ3v) is 7.56. The van der Waals surface area contributed by atoms with Gasteiger partial charge in [-0.2, -0.15) is 11.8 Å². The Morgan fingerprint density at radius 3 is 2.65 bits per heavy atom. The van der Waals surface area contributed by atoms with Crippen molar-refractivity contribution in [3.8, 4) is 0 Å². The second-order valence-corrected chi connectivity index (χ2v) is 9.72. The van der Waals surface area contributed by atoms with Gasteiger partial charge in [-0.25, -0.2) is 0 Å². The normalized spacial score (nSPS) is 27.8. The minimum Gasteiger partial charge on any atom is -0.381 e. The first kappa shape index (κ1) is 20.3. The Balaban J connectivity index is 1.54. The van der Waals surface area contributed by atoms with E-state index in [0.717, 1.165) is 56.9 Å². The summed E-state index contributed by atoms with van der Waals surface area (Å²) < 4.78 is 5.86. The van der Waals surface area contributed by atoms with Gasteiger partial charge in [-0.1, -0.05) is 19.8 Å². The Kier molecular flexibility index (Phi) is 7.94. The Morgan fingerprint density at radius 2 is 1.96 bits per heavy atom. The van der Waals surface area contributed by atoms with E-state index in [2.05, 4.69) is 41.1 Å². The number of nitrogens with one attached hydrogen (secondary N) is 2. The van der Waals surface area contributed by atoms with Gasteiger partial charge >= 0.3 is 0 Å². The molecule has 0 spiro atoms. The molecule has 3 rings (SSSR count). The molecule has 5 nitrogen and oxygen atoms in total. The number of hydrogen-bond acceptors (Lipinski definition) is 4. The highest BCUT2D eigenvalue weighted by molar-refractivity contribution is 8.00. The highest BCUT2D eigenvalue weighted by Crippen LogP contribution is 2.35. The lowest BCUT2D eigenvalue weighted by molar-refractivity contribution is 0.0793. The van der Waals surface area contributed by atoms with Crippen molar-refractivity contribution in [3.63, 3.8) is 0 Å². The van der Waals surface area contributed by atoms with Gasteiger partial charge in [0.15, 0.2) is 5.96 Å². The fourth-order valence-electron chi connectivity index (χ4n) is 4.64. The summed E-state index contributed by atoms with van der Waals surface area (Å²) in [5.41, 5.74) is 0. The van der Waals surface area contributed by atoms with Crippen molar-refractivity contribution in [3.05, 3.63) is 0 Å². The molecule has 2 aliphatic heterocycles. The SMILES string of the molecule is CCNC(=NCC1(SCC)CCOCC1)NC1CCN(C2CCCC2)C1. The van der Waals surface area contributed by atoms with Gasteiger partial charge in [-0.05, 0) is 44.8 Å². The zero-order valence-electron chi connectivity index (χ0n) is 16.8. The van der Waals surface area contributed by atoms with Crippen LogP contribution in [-0.2, 0) is 4.74 Å². The third kappa shape index (κ3) is 5.52. The van der Waals surface area contributed by atoms with Crippen LogP contribution in [0.25, 0.3) is 0 Å². The minimum atomic E-state index is 0.265. The maximum atomic E-state index is 5.59. The zero-order chi connectivity index (χ0) is 18.2. The summed E-state index contributed by atoms with van der Waals surface area (Å²) in [7, 11) is 0. The molecule has 1 aliphatic carbocycles. The van der Waals surface area contributed by atoms with Crippen molar-refractivity contribution >= 4 is 17.7 Å². The van der Waals surface area contributed by atoms with Crippen LogP contribution in [0.15, 0.2) is 4.99 Å². The van der Waals surface area contributed by atoms with Gasteiger partial charge in [0.05, 0.1) is 6.54 Å². The van der Waals surface area contributed by atoms with Crippen molar-refractivity contribution in [2.24, 2.45) is 4.99 Å². The second kappa shape index (κ2) is 10.2. The Hall–Kier alpha value is -0.460. The van der Waals surface area contributed by atoms with Gasteiger partial charge in [0, 0.05) is 49.7 Å². The highest BCUT2D eigenvalue weighted by Gasteiger charge is 2.33. The Labute approximate surface area is 164 Å². The molecule has 0 bridgehead atoms. The van der Waals surface area contributed by atoms with Crippen molar-refractivity contribution < 1.29 is 4.74 Å². The molecule has 6 heteroatoms. The number of ether oxygens (including phenoxy) is 1. The standard InChI is InChI=1S/C20H38N4OS/c1-3-21-19(22-16-20(26-4-2)10-13-25-14-11-20)23-17-9-12-24(15-17)18-7-5-6-8-18/h17-18H,3-16H2,1-2H3,(H2,21,22,23). The Bertz CT molecular complexity index is 442. The van der Waals surface area contributed by atoms with E-state index in [0.29, 0.717) is 6.04 Å². The maximum Gasteiger partial charge on any atom is 0.191 e. The molecule has 1 unspecified atom stereocenters. The number of hydrogen-bond donors (Lipinski definition) is 2. The molecule has 1 atom stereocenters. The van der Waals surface area contributed by atoms with E-state index in [1.54, 1.807) is 0 Å². The molecule has 2 N–H and O–H groups in total. The molecule has 3 fully saturated rings. The summed E-state index contributed by atoms with van der Waals surface area (Å²) in [5.74, 6) is 2.16. The van der Waals surface area contributed by atoms with Crippen LogP contribution in [0.3, 0.4) is 0 Å². The van der Waals surface area contributed by atoms with E-state index in [-0.39, 0.29) is 4.75 Å². The predicted molar refractivity (Wildman–Crippen MR) is 112 cm³/mol. The molecule has 0 radical (unpaired) electrons. The first-order chi connectivity index (χ1) is 12.7. The lowest BCUT2D eigenvalue weighted by Gasteiger charge is -2.35. The van der Waals surface area contributed by atoms with Crippen LogP contribution < -0.4 is 10.6 Å². The number of guanidine groups is 1. The van der Waals surface area contributed by atoms with Gasteiger partial charge in [0.1, 0.15) is 0 Å². The summed E-state index contributed by atoms with van der Waals surface area (Å²) in [4.78, 5) is 7.72. The quantitative estimate of drug-likeness (QED) is 0.524. The van der Waals surface area contributed by atoms with Gasteiger partial charge in [0.2, 0.25) is 0 Å². The van der Waals surface area contributed by atoms with Gasteiger partial charge in [-0.3, -0.25) is 9.89 Å². The number of rotatable bonds is 7. The van der Waals surface area contributed by atoms with Gasteiger partial charge in [0.25, 0.3) is 0 Å². The summed E-state index contributed by atoms with van der Waals surface area (Å²) >= 11 is 2.07. The summed E-state index contributed by atoms with van der Waals surface area (Å²) in [6.07, 6.45) is 9.12.